The van der Waals surface area contributed by atoms with Gasteiger partial charge in [0.2, 0.25) is 11.7 Å². The fourth-order valence-electron chi connectivity index (χ4n) is 2.40. The highest BCUT2D eigenvalue weighted by Crippen LogP contribution is 2.30. The molecule has 0 saturated heterocycles. The molecule has 140 valence electrons. The van der Waals surface area contributed by atoms with Gasteiger partial charge in [-0.15, -0.1) is 0 Å². The molecule has 0 fully saturated rings. The number of aryl methyl sites for hydroxylation is 1. The maximum atomic E-state index is 14.0. The van der Waals surface area contributed by atoms with Crippen molar-refractivity contribution in [1.29, 1.82) is 0 Å². The number of nitrogens with zero attached hydrogens (tertiary/aromatic N) is 3. The summed E-state index contributed by atoms with van der Waals surface area (Å²) in [7, 11) is 0. The lowest BCUT2D eigenvalue weighted by Crippen LogP contribution is -2.01. The molecule has 0 bridgehead atoms. The number of hydrogen-bond acceptors (Lipinski definition) is 7. The lowest BCUT2D eigenvalue weighted by Gasteiger charge is -2.06. The lowest BCUT2D eigenvalue weighted by molar-refractivity contribution is 0.130. The highest BCUT2D eigenvalue weighted by Gasteiger charge is 2.14. The van der Waals surface area contributed by atoms with Gasteiger partial charge in [0, 0.05) is 17.5 Å². The summed E-state index contributed by atoms with van der Waals surface area (Å²) < 4.78 is 19.1. The molecule has 8 heteroatoms. The second-order valence-corrected chi connectivity index (χ2v) is 5.81. The molecule has 3 rings (SSSR count). The van der Waals surface area contributed by atoms with E-state index in [4.69, 9.17) is 9.36 Å². The molecule has 0 atom stereocenters. The molecule has 0 spiro atoms. The van der Waals surface area contributed by atoms with Gasteiger partial charge in [-0.05, 0) is 30.7 Å². The van der Waals surface area contributed by atoms with Crippen molar-refractivity contribution in [2.75, 3.05) is 0 Å². The van der Waals surface area contributed by atoms with Gasteiger partial charge >= 0.3 is 0 Å². The predicted molar refractivity (Wildman–Crippen MR) is 95.8 cm³/mol. The molecule has 0 aliphatic rings. The fraction of sp³-hybridized carbons (Fsp3) is 0.211. The van der Waals surface area contributed by atoms with Gasteiger partial charge in [0.1, 0.15) is 6.61 Å². The van der Waals surface area contributed by atoms with Crippen LogP contribution in [0.25, 0.3) is 11.4 Å². The summed E-state index contributed by atoms with van der Waals surface area (Å²) in [5, 5.41) is 26.6. The number of halogens is 1. The molecule has 7 nitrogen and oxygen atoms in total. The van der Waals surface area contributed by atoms with Crippen LogP contribution in [0.2, 0.25) is 0 Å². The van der Waals surface area contributed by atoms with Crippen LogP contribution in [0.15, 0.2) is 46.1 Å². The summed E-state index contributed by atoms with van der Waals surface area (Å²) in [6.07, 6.45) is 0.660. The van der Waals surface area contributed by atoms with Gasteiger partial charge < -0.3 is 19.6 Å². The summed E-state index contributed by atoms with van der Waals surface area (Å²) in [6, 6.07) is 9.89. The smallest absolute Gasteiger partial charge is 0.226 e. The second-order valence-electron chi connectivity index (χ2n) is 5.81. The number of phenols is 2. The van der Waals surface area contributed by atoms with Crippen molar-refractivity contribution in [3.05, 3.63) is 59.2 Å². The molecule has 3 aromatic rings. The zero-order valence-electron chi connectivity index (χ0n) is 14.8. The molecule has 1 aromatic heterocycles. The Morgan fingerprint density at radius 1 is 1.26 bits per heavy atom. The number of phenolic OH excluding ortho intramolecular Hbond substituents is 2. The molecule has 0 unspecified atom stereocenters. The van der Waals surface area contributed by atoms with Gasteiger partial charge in [-0.1, -0.05) is 35.4 Å². The van der Waals surface area contributed by atoms with Crippen molar-refractivity contribution < 1.29 is 24.0 Å². The molecule has 0 amide bonds. The van der Waals surface area contributed by atoms with Crippen LogP contribution >= 0.6 is 0 Å². The highest BCUT2D eigenvalue weighted by atomic mass is 19.1. The third-order valence-electron chi connectivity index (χ3n) is 3.87. The minimum absolute atomic E-state index is 0.0398. The van der Waals surface area contributed by atoms with E-state index in [1.54, 1.807) is 0 Å². The van der Waals surface area contributed by atoms with E-state index in [9.17, 15) is 14.6 Å². The molecule has 27 heavy (non-hydrogen) atoms. The Morgan fingerprint density at radius 2 is 2.07 bits per heavy atom. The third-order valence-corrected chi connectivity index (χ3v) is 3.87. The molecular weight excluding hydrogens is 353 g/mol. The van der Waals surface area contributed by atoms with E-state index in [0.29, 0.717) is 18.1 Å². The first kappa shape index (κ1) is 18.4. The van der Waals surface area contributed by atoms with Crippen LogP contribution in [0.4, 0.5) is 4.39 Å². The molecule has 0 aliphatic heterocycles. The monoisotopic (exact) mass is 371 g/mol. The van der Waals surface area contributed by atoms with E-state index < -0.39 is 17.3 Å². The zero-order chi connectivity index (χ0) is 19.4. The average molecular weight is 371 g/mol. The quantitative estimate of drug-likeness (QED) is 0.388. The number of oxime groups is 1. The number of rotatable bonds is 6. The van der Waals surface area contributed by atoms with Gasteiger partial charge in [-0.25, -0.2) is 4.39 Å². The van der Waals surface area contributed by atoms with Crippen LogP contribution in [0.3, 0.4) is 0 Å². The Kier molecular flexibility index (Phi) is 5.35. The minimum atomic E-state index is -0.953. The van der Waals surface area contributed by atoms with Gasteiger partial charge in [0.05, 0.1) is 5.71 Å². The third kappa shape index (κ3) is 4.05. The van der Waals surface area contributed by atoms with Gasteiger partial charge in [0.25, 0.3) is 0 Å². The number of hydrogen-bond donors (Lipinski definition) is 2. The van der Waals surface area contributed by atoms with E-state index in [-0.39, 0.29) is 17.9 Å². The first-order valence-corrected chi connectivity index (χ1v) is 8.28. The van der Waals surface area contributed by atoms with Gasteiger partial charge in [-0.2, -0.15) is 4.98 Å². The topological polar surface area (TPSA) is 101 Å². The first-order valence-electron chi connectivity index (χ1n) is 8.28. The summed E-state index contributed by atoms with van der Waals surface area (Å²) in [5.41, 5.74) is 1.87. The van der Waals surface area contributed by atoms with E-state index in [1.807, 2.05) is 31.2 Å². The number of benzene rings is 2. The van der Waals surface area contributed by atoms with Crippen molar-refractivity contribution in [3.63, 3.8) is 0 Å². The number of aromatic hydroxyl groups is 2. The van der Waals surface area contributed by atoms with E-state index in [1.165, 1.54) is 19.1 Å². The first-order chi connectivity index (χ1) is 13.0. The molecule has 1 heterocycles. The molecular formula is C19H18FN3O4. The molecule has 0 radical (unpaired) electrons. The molecule has 2 N–H and O–H groups in total. The van der Waals surface area contributed by atoms with E-state index in [0.717, 1.165) is 11.1 Å². The standard InChI is InChI=1S/C19H18FN3O4/c1-3-16-21-19(23-27-16)13-6-4-5-12(9-13)10-26-22-11(2)14-7-8-15(24)18(25)17(14)20/h4-9,24-25H,3,10H2,1-2H3. The van der Waals surface area contributed by atoms with Crippen LogP contribution < -0.4 is 0 Å². The lowest BCUT2D eigenvalue weighted by atomic mass is 10.1. The van der Waals surface area contributed by atoms with Crippen molar-refractivity contribution in [1.82, 2.24) is 10.1 Å². The zero-order valence-corrected chi connectivity index (χ0v) is 14.8. The number of aromatic nitrogens is 2. The summed E-state index contributed by atoms with van der Waals surface area (Å²) in [4.78, 5) is 9.57. The van der Waals surface area contributed by atoms with Crippen LogP contribution in [-0.4, -0.2) is 26.1 Å². The molecule has 0 aliphatic carbocycles. The fourth-order valence-corrected chi connectivity index (χ4v) is 2.40. The summed E-state index contributed by atoms with van der Waals surface area (Å²) >= 11 is 0. The average Bonchev–Trinajstić information content (AvgIpc) is 3.16. The van der Waals surface area contributed by atoms with Crippen molar-refractivity contribution >= 4 is 5.71 Å². The second kappa shape index (κ2) is 7.86. The van der Waals surface area contributed by atoms with Crippen LogP contribution in [0.5, 0.6) is 11.5 Å². The van der Waals surface area contributed by atoms with Gasteiger partial charge in [0.15, 0.2) is 17.3 Å². The predicted octanol–water partition coefficient (Wildman–Crippen LogP) is 3.79. The van der Waals surface area contributed by atoms with Crippen molar-refractivity contribution in [2.24, 2.45) is 5.16 Å². The van der Waals surface area contributed by atoms with Crippen LogP contribution in [-0.2, 0) is 17.9 Å². The molecule has 0 saturated carbocycles. The van der Waals surface area contributed by atoms with Gasteiger partial charge in [-0.3, -0.25) is 0 Å². The minimum Gasteiger partial charge on any atom is -0.504 e. The molecule has 2 aromatic carbocycles. The Balaban J connectivity index is 1.71. The van der Waals surface area contributed by atoms with Crippen LogP contribution in [0.1, 0.15) is 30.9 Å². The summed E-state index contributed by atoms with van der Waals surface area (Å²) in [5.74, 6) is -1.25. The Bertz CT molecular complexity index is 985. The van der Waals surface area contributed by atoms with Crippen molar-refractivity contribution in [3.8, 4) is 22.9 Å². The maximum Gasteiger partial charge on any atom is 0.226 e. The maximum absolute atomic E-state index is 14.0. The van der Waals surface area contributed by atoms with Crippen LogP contribution in [0, 0.1) is 5.82 Å². The summed E-state index contributed by atoms with van der Waals surface area (Å²) in [6.45, 7) is 3.62. The van der Waals surface area contributed by atoms with E-state index >= 15 is 0 Å². The highest BCUT2D eigenvalue weighted by molar-refractivity contribution is 5.99. The van der Waals surface area contributed by atoms with E-state index in [2.05, 4.69) is 15.3 Å². The Hall–Kier alpha value is -3.42. The SMILES string of the molecule is CCc1nc(-c2cccc(CON=C(C)c3ccc(O)c(O)c3F)c2)no1. The largest absolute Gasteiger partial charge is 0.504 e. The normalized spacial score (nSPS) is 11.6. The Labute approximate surface area is 154 Å². The Morgan fingerprint density at radius 3 is 2.81 bits per heavy atom. The van der Waals surface area contributed by atoms with Crippen molar-refractivity contribution in [2.45, 2.75) is 26.9 Å².